The first-order valence-corrected chi connectivity index (χ1v) is 7.96. The topological polar surface area (TPSA) is 73.4 Å². The third-order valence-electron chi connectivity index (χ3n) is 4.10. The second-order valence-electron chi connectivity index (χ2n) is 7.13. The van der Waals surface area contributed by atoms with Gasteiger partial charge in [0.15, 0.2) is 0 Å². The molecular weight excluding hydrogens is 280 g/mol. The van der Waals surface area contributed by atoms with Crippen molar-refractivity contribution in [2.75, 3.05) is 13.1 Å². The fraction of sp³-hybridized carbons (Fsp3) is 0.750. The third-order valence-corrected chi connectivity index (χ3v) is 4.10. The van der Waals surface area contributed by atoms with Gasteiger partial charge in [-0.25, -0.2) is 9.78 Å². The number of amides is 1. The van der Waals surface area contributed by atoms with Gasteiger partial charge in [-0.1, -0.05) is 0 Å². The molecular formula is C16H28N4O2. The van der Waals surface area contributed by atoms with Gasteiger partial charge in [0, 0.05) is 45.0 Å². The van der Waals surface area contributed by atoms with Crippen LogP contribution < -0.4 is 5.73 Å². The van der Waals surface area contributed by atoms with Crippen LogP contribution in [0, 0.1) is 5.92 Å². The molecule has 2 N–H and O–H groups in total. The van der Waals surface area contributed by atoms with Crippen molar-refractivity contribution in [1.29, 1.82) is 0 Å². The minimum Gasteiger partial charge on any atom is -0.444 e. The van der Waals surface area contributed by atoms with E-state index in [1.807, 2.05) is 38.6 Å². The summed E-state index contributed by atoms with van der Waals surface area (Å²) in [6.45, 7) is 7.08. The first-order valence-electron chi connectivity index (χ1n) is 7.96. The van der Waals surface area contributed by atoms with Crippen molar-refractivity contribution in [3.63, 3.8) is 0 Å². The Morgan fingerprint density at radius 1 is 1.55 bits per heavy atom. The predicted octanol–water partition coefficient (Wildman–Crippen LogP) is 1.94. The molecule has 2 unspecified atom stereocenters. The number of aromatic nitrogens is 2. The number of likely N-dealkylation sites (tertiary alicyclic amines) is 1. The van der Waals surface area contributed by atoms with Gasteiger partial charge in [-0.3, -0.25) is 0 Å². The molecule has 0 spiro atoms. The summed E-state index contributed by atoms with van der Waals surface area (Å²) in [6, 6.07) is 0.0872. The van der Waals surface area contributed by atoms with Crippen molar-refractivity contribution in [2.45, 2.75) is 51.7 Å². The van der Waals surface area contributed by atoms with E-state index in [0.29, 0.717) is 12.5 Å². The van der Waals surface area contributed by atoms with Gasteiger partial charge in [-0.15, -0.1) is 0 Å². The van der Waals surface area contributed by atoms with Gasteiger partial charge in [0.2, 0.25) is 0 Å². The van der Waals surface area contributed by atoms with E-state index < -0.39 is 5.60 Å². The van der Waals surface area contributed by atoms with Gasteiger partial charge in [0.05, 0.1) is 0 Å². The molecule has 124 valence electrons. The van der Waals surface area contributed by atoms with Crippen LogP contribution in [-0.4, -0.2) is 45.3 Å². The molecule has 1 aliphatic rings. The third kappa shape index (κ3) is 4.47. The summed E-state index contributed by atoms with van der Waals surface area (Å²) in [5, 5.41) is 0. The summed E-state index contributed by atoms with van der Waals surface area (Å²) >= 11 is 0. The van der Waals surface area contributed by atoms with Crippen LogP contribution in [0.5, 0.6) is 0 Å². The molecule has 1 fully saturated rings. The van der Waals surface area contributed by atoms with Crippen LogP contribution >= 0.6 is 0 Å². The Bertz CT molecular complexity index is 506. The number of nitrogens with zero attached hydrogens (tertiary/aromatic N) is 3. The maximum absolute atomic E-state index is 12.1. The molecule has 6 nitrogen and oxygen atoms in total. The highest BCUT2D eigenvalue weighted by Gasteiger charge is 2.32. The lowest BCUT2D eigenvalue weighted by Gasteiger charge is -2.25. The van der Waals surface area contributed by atoms with E-state index in [1.165, 1.54) is 0 Å². The van der Waals surface area contributed by atoms with Crippen molar-refractivity contribution in [2.24, 2.45) is 18.7 Å². The molecule has 0 bridgehead atoms. The van der Waals surface area contributed by atoms with Crippen LogP contribution in [0.25, 0.3) is 0 Å². The van der Waals surface area contributed by atoms with E-state index in [2.05, 4.69) is 4.98 Å². The van der Waals surface area contributed by atoms with Crippen LogP contribution in [0.1, 0.15) is 39.4 Å². The Morgan fingerprint density at radius 3 is 2.86 bits per heavy atom. The maximum Gasteiger partial charge on any atom is 0.410 e. The van der Waals surface area contributed by atoms with Crippen LogP contribution in [0.15, 0.2) is 12.4 Å². The summed E-state index contributed by atoms with van der Waals surface area (Å²) in [4.78, 5) is 18.2. The molecule has 1 amide bonds. The second-order valence-corrected chi connectivity index (χ2v) is 7.13. The summed E-state index contributed by atoms with van der Waals surface area (Å²) in [7, 11) is 1.99. The van der Waals surface area contributed by atoms with Gasteiger partial charge >= 0.3 is 6.09 Å². The summed E-state index contributed by atoms with van der Waals surface area (Å²) in [5.41, 5.74) is 5.87. The van der Waals surface area contributed by atoms with Crippen LogP contribution in [0.2, 0.25) is 0 Å². The number of carbonyl (C=O) groups is 1. The standard InChI is InChI=1S/C16H28N4O2/c1-16(2,3)22-15(21)20-9-7-12(11-20)13(17)5-6-14-18-8-10-19(14)4/h8,10,12-13H,5-7,9,11,17H2,1-4H3. The van der Waals surface area contributed by atoms with Crippen molar-refractivity contribution >= 4 is 6.09 Å². The molecule has 2 rings (SSSR count). The van der Waals surface area contributed by atoms with Crippen molar-refractivity contribution in [3.05, 3.63) is 18.2 Å². The Morgan fingerprint density at radius 2 is 2.27 bits per heavy atom. The lowest BCUT2D eigenvalue weighted by molar-refractivity contribution is 0.0286. The number of hydrogen-bond donors (Lipinski definition) is 1. The average molecular weight is 308 g/mol. The average Bonchev–Trinajstić information content (AvgIpc) is 3.03. The zero-order chi connectivity index (χ0) is 16.3. The Balaban J connectivity index is 1.79. The van der Waals surface area contributed by atoms with E-state index in [1.54, 1.807) is 11.1 Å². The number of rotatable bonds is 4. The number of nitrogens with two attached hydrogens (primary N) is 1. The lowest BCUT2D eigenvalue weighted by Crippen LogP contribution is -2.38. The molecule has 6 heteroatoms. The quantitative estimate of drug-likeness (QED) is 0.922. The Hall–Kier alpha value is -1.56. The van der Waals surface area contributed by atoms with Crippen LogP contribution in [-0.2, 0) is 18.2 Å². The zero-order valence-corrected chi connectivity index (χ0v) is 14.1. The largest absolute Gasteiger partial charge is 0.444 e. The van der Waals surface area contributed by atoms with Gasteiger partial charge in [-0.2, -0.15) is 0 Å². The van der Waals surface area contributed by atoms with Crippen molar-refractivity contribution < 1.29 is 9.53 Å². The predicted molar refractivity (Wildman–Crippen MR) is 85.4 cm³/mol. The van der Waals surface area contributed by atoms with E-state index in [9.17, 15) is 4.79 Å². The monoisotopic (exact) mass is 308 g/mol. The van der Waals surface area contributed by atoms with E-state index in [-0.39, 0.29) is 12.1 Å². The Kier molecular flexibility index (Phi) is 5.11. The van der Waals surface area contributed by atoms with Crippen molar-refractivity contribution in [1.82, 2.24) is 14.5 Å². The fourth-order valence-electron chi connectivity index (χ4n) is 2.80. The highest BCUT2D eigenvalue weighted by molar-refractivity contribution is 5.68. The highest BCUT2D eigenvalue weighted by atomic mass is 16.6. The summed E-state index contributed by atoms with van der Waals surface area (Å²) < 4.78 is 7.44. The molecule has 0 aliphatic carbocycles. The molecule has 2 heterocycles. The molecule has 1 saturated heterocycles. The van der Waals surface area contributed by atoms with Gasteiger partial charge in [0.1, 0.15) is 11.4 Å². The summed E-state index contributed by atoms with van der Waals surface area (Å²) in [6.07, 6.45) is 6.22. The summed E-state index contributed by atoms with van der Waals surface area (Å²) in [5.74, 6) is 1.39. The first-order chi connectivity index (χ1) is 10.3. The molecule has 1 aromatic rings. The highest BCUT2D eigenvalue weighted by Crippen LogP contribution is 2.23. The second kappa shape index (κ2) is 6.69. The molecule has 0 radical (unpaired) electrons. The van der Waals surface area contributed by atoms with E-state index in [0.717, 1.165) is 31.6 Å². The number of aryl methyl sites for hydroxylation is 2. The fourth-order valence-corrected chi connectivity index (χ4v) is 2.80. The molecule has 22 heavy (non-hydrogen) atoms. The van der Waals surface area contributed by atoms with E-state index >= 15 is 0 Å². The smallest absolute Gasteiger partial charge is 0.410 e. The van der Waals surface area contributed by atoms with Crippen molar-refractivity contribution in [3.8, 4) is 0 Å². The molecule has 2 atom stereocenters. The number of carbonyl (C=O) groups excluding carboxylic acids is 1. The molecule has 0 aromatic carbocycles. The minimum absolute atomic E-state index is 0.0872. The Labute approximate surface area is 132 Å². The van der Waals surface area contributed by atoms with Gasteiger partial charge < -0.3 is 19.9 Å². The first kappa shape index (κ1) is 16.8. The number of imidazole rings is 1. The maximum atomic E-state index is 12.1. The number of hydrogen-bond acceptors (Lipinski definition) is 4. The molecule has 1 aliphatic heterocycles. The van der Waals surface area contributed by atoms with E-state index in [4.69, 9.17) is 10.5 Å². The van der Waals surface area contributed by atoms with Gasteiger partial charge in [-0.05, 0) is 39.5 Å². The molecule has 0 saturated carbocycles. The SMILES string of the molecule is Cn1ccnc1CCC(N)C1CCN(C(=O)OC(C)(C)C)C1. The number of ether oxygens (including phenoxy) is 1. The molecule has 1 aromatic heterocycles. The van der Waals surface area contributed by atoms with Crippen LogP contribution in [0.3, 0.4) is 0 Å². The normalized spacial score (nSPS) is 20.2. The minimum atomic E-state index is -0.449. The zero-order valence-electron chi connectivity index (χ0n) is 14.1. The lowest BCUT2D eigenvalue weighted by atomic mass is 9.95. The van der Waals surface area contributed by atoms with Crippen LogP contribution in [0.4, 0.5) is 4.79 Å². The van der Waals surface area contributed by atoms with Gasteiger partial charge in [0.25, 0.3) is 0 Å².